The molecule has 0 aliphatic rings. The Bertz CT molecular complexity index is 92.9. The Morgan fingerprint density at radius 2 is 2.00 bits per heavy atom. The second-order valence-corrected chi connectivity index (χ2v) is 1.78. The Kier molecular flexibility index (Phi) is 13.7. The van der Waals surface area contributed by atoms with E-state index in [1.165, 1.54) is 5.57 Å². The van der Waals surface area contributed by atoms with Crippen LogP contribution in [0.15, 0.2) is 24.3 Å². The maximum Gasteiger partial charge on any atom is 0.0161 e. The fraction of sp³-hybridized carbons (Fsp3) is 0.556. The zero-order chi connectivity index (χ0) is 8.41. The van der Waals surface area contributed by atoms with Gasteiger partial charge in [-0.05, 0) is 14.0 Å². The summed E-state index contributed by atoms with van der Waals surface area (Å²) in [6, 6.07) is 0. The van der Waals surface area contributed by atoms with Gasteiger partial charge in [0.25, 0.3) is 0 Å². The molecule has 0 radical (unpaired) electrons. The van der Waals surface area contributed by atoms with Gasteiger partial charge in [-0.2, -0.15) is 0 Å². The Morgan fingerprint density at radius 3 is 2.30 bits per heavy atom. The van der Waals surface area contributed by atoms with E-state index < -0.39 is 0 Å². The van der Waals surface area contributed by atoms with Gasteiger partial charge in [-0.1, -0.05) is 38.2 Å². The van der Waals surface area contributed by atoms with Crippen molar-refractivity contribution in [2.24, 2.45) is 0 Å². The van der Waals surface area contributed by atoms with E-state index >= 15 is 0 Å². The summed E-state index contributed by atoms with van der Waals surface area (Å²) in [6.07, 6.45) is 3.79. The molecule has 0 atom stereocenters. The van der Waals surface area contributed by atoms with Crippen molar-refractivity contribution in [3.63, 3.8) is 0 Å². The van der Waals surface area contributed by atoms with Gasteiger partial charge in [-0.25, -0.2) is 0 Å². The Hall–Kier alpha value is -0.560. The number of nitrogens with one attached hydrogen (secondary N) is 1. The molecule has 0 fully saturated rings. The highest BCUT2D eigenvalue weighted by atomic mass is 14.8. The molecule has 0 rings (SSSR count). The van der Waals surface area contributed by atoms with Crippen molar-refractivity contribution in [2.45, 2.75) is 20.8 Å². The molecule has 0 heterocycles. The molecule has 10 heavy (non-hydrogen) atoms. The van der Waals surface area contributed by atoms with E-state index in [1.54, 1.807) is 6.08 Å². The molecule has 0 spiro atoms. The molecular weight excluding hydrogens is 122 g/mol. The maximum atomic E-state index is 3.58. The fourth-order valence-electron chi connectivity index (χ4n) is 0.539. The first-order valence-corrected chi connectivity index (χ1v) is 3.74. The molecule has 0 aromatic rings. The van der Waals surface area contributed by atoms with Crippen molar-refractivity contribution in [3.05, 3.63) is 24.3 Å². The second-order valence-electron chi connectivity index (χ2n) is 1.78. The van der Waals surface area contributed by atoms with Crippen molar-refractivity contribution in [3.8, 4) is 0 Å². The summed E-state index contributed by atoms with van der Waals surface area (Å²) in [5, 5.41) is 3.04. The van der Waals surface area contributed by atoms with Gasteiger partial charge in [0.05, 0.1) is 0 Å². The molecule has 60 valence electrons. The third-order valence-electron chi connectivity index (χ3n) is 0.858. The van der Waals surface area contributed by atoms with Crippen molar-refractivity contribution in [2.75, 3.05) is 13.6 Å². The molecule has 0 bridgehead atoms. The SMILES string of the molecule is C=C/C=C(\C)CNC.CC. The number of hydrogen-bond donors (Lipinski definition) is 1. The minimum atomic E-state index is 0.950. The van der Waals surface area contributed by atoms with Crippen LogP contribution in [0.4, 0.5) is 0 Å². The van der Waals surface area contributed by atoms with Gasteiger partial charge in [-0.15, -0.1) is 0 Å². The summed E-state index contributed by atoms with van der Waals surface area (Å²) in [5.41, 5.74) is 1.31. The maximum absolute atomic E-state index is 3.58. The molecule has 0 aliphatic heterocycles. The lowest BCUT2D eigenvalue weighted by molar-refractivity contribution is 0.880. The largest absolute Gasteiger partial charge is 0.316 e. The van der Waals surface area contributed by atoms with Crippen LogP contribution in [-0.4, -0.2) is 13.6 Å². The molecule has 0 unspecified atom stereocenters. The quantitative estimate of drug-likeness (QED) is 0.595. The summed E-state index contributed by atoms with van der Waals surface area (Å²) in [5.74, 6) is 0. The highest BCUT2D eigenvalue weighted by Gasteiger charge is 1.79. The van der Waals surface area contributed by atoms with Crippen LogP contribution in [0.2, 0.25) is 0 Å². The molecule has 1 N–H and O–H groups in total. The molecule has 0 saturated carbocycles. The van der Waals surface area contributed by atoms with Crippen molar-refractivity contribution in [1.82, 2.24) is 5.32 Å². The average Bonchev–Trinajstić information content (AvgIpc) is 1.93. The van der Waals surface area contributed by atoms with Gasteiger partial charge in [-0.3, -0.25) is 0 Å². The molecule has 0 saturated heterocycles. The smallest absolute Gasteiger partial charge is 0.0161 e. The molecule has 0 aromatic heterocycles. The third kappa shape index (κ3) is 10.4. The summed E-state index contributed by atoms with van der Waals surface area (Å²) >= 11 is 0. The predicted octanol–water partition coefficient (Wildman–Crippen LogP) is 2.36. The van der Waals surface area contributed by atoms with E-state index in [4.69, 9.17) is 0 Å². The second kappa shape index (κ2) is 11.3. The lowest BCUT2D eigenvalue weighted by atomic mass is 10.3. The summed E-state index contributed by atoms with van der Waals surface area (Å²) in [7, 11) is 1.93. The van der Waals surface area contributed by atoms with Crippen LogP contribution in [0.25, 0.3) is 0 Å². The van der Waals surface area contributed by atoms with Gasteiger partial charge in [0.2, 0.25) is 0 Å². The zero-order valence-corrected chi connectivity index (χ0v) is 7.57. The molecule has 1 nitrogen and oxygen atoms in total. The minimum absolute atomic E-state index is 0.950. The topological polar surface area (TPSA) is 12.0 Å². The first-order chi connectivity index (χ1) is 4.81. The van der Waals surface area contributed by atoms with Gasteiger partial charge in [0.1, 0.15) is 0 Å². The summed E-state index contributed by atoms with van der Waals surface area (Å²) < 4.78 is 0. The molecule has 1 heteroatoms. The monoisotopic (exact) mass is 141 g/mol. The van der Waals surface area contributed by atoms with Crippen molar-refractivity contribution < 1.29 is 0 Å². The summed E-state index contributed by atoms with van der Waals surface area (Å²) in [4.78, 5) is 0. The minimum Gasteiger partial charge on any atom is -0.316 e. The normalized spacial score (nSPS) is 9.80. The number of rotatable bonds is 3. The summed E-state index contributed by atoms with van der Waals surface area (Å²) in [6.45, 7) is 10.6. The van der Waals surface area contributed by atoms with Gasteiger partial charge in [0.15, 0.2) is 0 Å². The van der Waals surface area contributed by atoms with Gasteiger partial charge < -0.3 is 5.32 Å². The molecular formula is C9H19N. The van der Waals surface area contributed by atoms with Crippen molar-refractivity contribution in [1.29, 1.82) is 0 Å². The van der Waals surface area contributed by atoms with Crippen LogP contribution in [0, 0.1) is 0 Å². The van der Waals surface area contributed by atoms with Crippen LogP contribution < -0.4 is 5.32 Å². The molecule has 0 aromatic carbocycles. The first kappa shape index (κ1) is 12.1. The Morgan fingerprint density at radius 1 is 1.50 bits per heavy atom. The van der Waals surface area contributed by atoms with E-state index in [1.807, 2.05) is 27.0 Å². The standard InChI is InChI=1S/C7H13N.C2H6/c1-4-5-7(2)6-8-3;1-2/h4-5,8H,1,6H2,2-3H3;1-2H3/b7-5+;. The van der Waals surface area contributed by atoms with Gasteiger partial charge >= 0.3 is 0 Å². The lowest BCUT2D eigenvalue weighted by Gasteiger charge is -1.94. The number of allylic oxidation sites excluding steroid dienone is 2. The van der Waals surface area contributed by atoms with E-state index in [-0.39, 0.29) is 0 Å². The lowest BCUT2D eigenvalue weighted by Crippen LogP contribution is -2.07. The predicted molar refractivity (Wildman–Crippen MR) is 49.2 cm³/mol. The van der Waals surface area contributed by atoms with Crippen LogP contribution in [0.1, 0.15) is 20.8 Å². The Balaban J connectivity index is 0. The van der Waals surface area contributed by atoms with E-state index in [2.05, 4.69) is 18.8 Å². The van der Waals surface area contributed by atoms with E-state index in [9.17, 15) is 0 Å². The van der Waals surface area contributed by atoms with Crippen LogP contribution >= 0.6 is 0 Å². The van der Waals surface area contributed by atoms with Crippen LogP contribution in [0.5, 0.6) is 0 Å². The third-order valence-corrected chi connectivity index (χ3v) is 0.858. The number of hydrogen-bond acceptors (Lipinski definition) is 1. The van der Waals surface area contributed by atoms with E-state index in [0.717, 1.165) is 6.54 Å². The fourth-order valence-corrected chi connectivity index (χ4v) is 0.539. The zero-order valence-electron chi connectivity index (χ0n) is 7.57. The van der Waals surface area contributed by atoms with Crippen LogP contribution in [0.3, 0.4) is 0 Å². The van der Waals surface area contributed by atoms with Crippen molar-refractivity contribution >= 4 is 0 Å². The van der Waals surface area contributed by atoms with E-state index in [0.29, 0.717) is 0 Å². The first-order valence-electron chi connectivity index (χ1n) is 3.74. The number of likely N-dealkylation sites (N-methyl/N-ethyl adjacent to an activating group) is 1. The Labute approximate surface area is 64.8 Å². The highest BCUT2D eigenvalue weighted by molar-refractivity contribution is 5.08. The molecule has 0 amide bonds. The molecule has 0 aliphatic carbocycles. The highest BCUT2D eigenvalue weighted by Crippen LogP contribution is 1.87. The van der Waals surface area contributed by atoms with Crippen LogP contribution in [-0.2, 0) is 0 Å². The average molecular weight is 141 g/mol. The van der Waals surface area contributed by atoms with Gasteiger partial charge in [0, 0.05) is 6.54 Å².